The van der Waals surface area contributed by atoms with Crippen LogP contribution in [0.15, 0.2) is 24.3 Å². The molecular weight excluding hydrogens is 206 g/mol. The Labute approximate surface area is 93.5 Å². The lowest BCUT2D eigenvalue weighted by Crippen LogP contribution is -2.24. The lowest BCUT2D eigenvalue weighted by atomic mass is 9.95. The lowest BCUT2D eigenvalue weighted by molar-refractivity contribution is -0.141. The second-order valence-electron chi connectivity index (χ2n) is 3.26. The van der Waals surface area contributed by atoms with Gasteiger partial charge in [-0.25, -0.2) is 0 Å². The molecule has 0 aliphatic heterocycles. The van der Waals surface area contributed by atoms with Crippen LogP contribution in [0.3, 0.4) is 0 Å². The molecule has 0 aliphatic rings. The van der Waals surface area contributed by atoms with Gasteiger partial charge in [-0.1, -0.05) is 24.3 Å². The van der Waals surface area contributed by atoms with E-state index >= 15 is 0 Å². The minimum atomic E-state index is -1.38. The van der Waals surface area contributed by atoms with Gasteiger partial charge in [0.25, 0.3) is 0 Å². The molecule has 0 heterocycles. The SMILES string of the molecule is COC(=O)C(C#N)C(=O)c1ccccc1C. The highest BCUT2D eigenvalue weighted by Crippen LogP contribution is 2.14. The van der Waals surface area contributed by atoms with Crippen LogP contribution in [-0.2, 0) is 9.53 Å². The molecule has 1 rings (SSSR count). The first-order valence-corrected chi connectivity index (χ1v) is 4.69. The van der Waals surface area contributed by atoms with Gasteiger partial charge in [0.05, 0.1) is 13.2 Å². The summed E-state index contributed by atoms with van der Waals surface area (Å²) in [5.74, 6) is -2.73. The van der Waals surface area contributed by atoms with E-state index in [4.69, 9.17) is 5.26 Å². The molecule has 0 saturated carbocycles. The summed E-state index contributed by atoms with van der Waals surface area (Å²) in [7, 11) is 1.15. The Morgan fingerprint density at radius 2 is 2.00 bits per heavy atom. The number of esters is 1. The van der Waals surface area contributed by atoms with Gasteiger partial charge < -0.3 is 4.74 Å². The van der Waals surface area contributed by atoms with E-state index in [0.29, 0.717) is 5.56 Å². The fourth-order valence-corrected chi connectivity index (χ4v) is 1.34. The van der Waals surface area contributed by atoms with Crippen molar-refractivity contribution in [3.05, 3.63) is 35.4 Å². The zero-order valence-electron chi connectivity index (χ0n) is 9.06. The number of ether oxygens (including phenoxy) is 1. The number of rotatable bonds is 3. The number of aryl methyl sites for hydroxylation is 1. The molecule has 0 N–H and O–H groups in total. The maximum Gasteiger partial charge on any atom is 0.331 e. The van der Waals surface area contributed by atoms with E-state index in [9.17, 15) is 9.59 Å². The van der Waals surface area contributed by atoms with E-state index in [2.05, 4.69) is 4.74 Å². The van der Waals surface area contributed by atoms with Crippen molar-refractivity contribution in [1.82, 2.24) is 0 Å². The van der Waals surface area contributed by atoms with Crippen LogP contribution in [0.1, 0.15) is 15.9 Å². The summed E-state index contributed by atoms with van der Waals surface area (Å²) in [5.41, 5.74) is 1.11. The Hall–Kier alpha value is -2.15. The van der Waals surface area contributed by atoms with E-state index in [0.717, 1.165) is 12.7 Å². The Bertz CT molecular complexity index is 460. The minimum absolute atomic E-state index is 0.374. The number of nitrogens with zero attached hydrogens (tertiary/aromatic N) is 1. The van der Waals surface area contributed by atoms with Gasteiger partial charge in [-0.2, -0.15) is 5.26 Å². The summed E-state index contributed by atoms with van der Waals surface area (Å²) < 4.78 is 4.40. The summed E-state index contributed by atoms with van der Waals surface area (Å²) in [4.78, 5) is 23.1. The van der Waals surface area contributed by atoms with Gasteiger partial charge in [0.2, 0.25) is 5.92 Å². The average Bonchev–Trinajstić information content (AvgIpc) is 2.30. The molecule has 4 nitrogen and oxygen atoms in total. The normalized spacial score (nSPS) is 11.3. The standard InChI is InChI=1S/C12H11NO3/c1-8-5-3-4-6-9(8)11(14)10(7-13)12(15)16-2/h3-6,10H,1-2H3. The smallest absolute Gasteiger partial charge is 0.331 e. The first-order valence-electron chi connectivity index (χ1n) is 4.69. The van der Waals surface area contributed by atoms with Crippen LogP contribution in [-0.4, -0.2) is 18.9 Å². The average molecular weight is 217 g/mol. The molecule has 0 amide bonds. The number of carbonyl (C=O) groups is 2. The summed E-state index contributed by atoms with van der Waals surface area (Å²) >= 11 is 0. The van der Waals surface area contributed by atoms with Gasteiger partial charge >= 0.3 is 5.97 Å². The molecule has 0 radical (unpaired) electrons. The number of hydrogen-bond donors (Lipinski definition) is 0. The number of ketones is 1. The Kier molecular flexibility index (Phi) is 3.78. The molecule has 0 fully saturated rings. The molecule has 4 heteroatoms. The number of methoxy groups -OCH3 is 1. The van der Waals surface area contributed by atoms with Gasteiger partial charge in [-0.05, 0) is 12.5 Å². The van der Waals surface area contributed by atoms with Gasteiger partial charge in [-0.15, -0.1) is 0 Å². The van der Waals surface area contributed by atoms with Gasteiger partial charge in [-0.3, -0.25) is 9.59 Å². The molecular formula is C12H11NO3. The fourth-order valence-electron chi connectivity index (χ4n) is 1.34. The first kappa shape index (κ1) is 11.9. The lowest BCUT2D eigenvalue weighted by Gasteiger charge is -2.07. The van der Waals surface area contributed by atoms with Gasteiger partial charge in [0.15, 0.2) is 5.78 Å². The van der Waals surface area contributed by atoms with E-state index in [1.807, 2.05) is 0 Å². The number of carbonyl (C=O) groups excluding carboxylic acids is 2. The van der Waals surface area contributed by atoms with Crippen LogP contribution in [0.5, 0.6) is 0 Å². The molecule has 16 heavy (non-hydrogen) atoms. The monoisotopic (exact) mass is 217 g/mol. The van der Waals surface area contributed by atoms with Gasteiger partial charge in [0, 0.05) is 5.56 Å². The minimum Gasteiger partial charge on any atom is -0.468 e. The molecule has 1 atom stereocenters. The molecule has 82 valence electrons. The molecule has 0 aromatic heterocycles. The first-order chi connectivity index (χ1) is 7.61. The Balaban J connectivity index is 3.07. The van der Waals surface area contributed by atoms with E-state index in [-0.39, 0.29) is 0 Å². The topological polar surface area (TPSA) is 67.2 Å². The molecule has 0 spiro atoms. The third-order valence-electron chi connectivity index (χ3n) is 2.24. The van der Waals surface area contributed by atoms with Crippen molar-refractivity contribution < 1.29 is 14.3 Å². The maximum atomic E-state index is 11.9. The van der Waals surface area contributed by atoms with Crippen molar-refractivity contribution >= 4 is 11.8 Å². The van der Waals surface area contributed by atoms with Crippen molar-refractivity contribution in [2.45, 2.75) is 6.92 Å². The van der Waals surface area contributed by atoms with E-state index in [1.54, 1.807) is 37.3 Å². The van der Waals surface area contributed by atoms with Crippen molar-refractivity contribution in [1.29, 1.82) is 5.26 Å². The summed E-state index contributed by atoms with van der Waals surface area (Å²) in [6.07, 6.45) is 0. The number of nitriles is 1. The molecule has 1 aromatic carbocycles. The van der Waals surface area contributed by atoms with Crippen molar-refractivity contribution in [3.63, 3.8) is 0 Å². The van der Waals surface area contributed by atoms with E-state index in [1.165, 1.54) is 0 Å². The quantitative estimate of drug-likeness (QED) is 0.437. The Morgan fingerprint density at radius 3 is 2.50 bits per heavy atom. The van der Waals surface area contributed by atoms with Crippen LogP contribution in [0.25, 0.3) is 0 Å². The van der Waals surface area contributed by atoms with Crippen molar-refractivity contribution in [3.8, 4) is 6.07 Å². The van der Waals surface area contributed by atoms with Crippen LogP contribution in [0.2, 0.25) is 0 Å². The number of hydrogen-bond acceptors (Lipinski definition) is 4. The second-order valence-corrected chi connectivity index (χ2v) is 3.26. The Morgan fingerprint density at radius 1 is 1.38 bits per heavy atom. The largest absolute Gasteiger partial charge is 0.468 e. The molecule has 0 bridgehead atoms. The molecule has 0 aliphatic carbocycles. The summed E-state index contributed by atoms with van der Waals surface area (Å²) in [5, 5.41) is 8.78. The fraction of sp³-hybridized carbons (Fsp3) is 0.250. The van der Waals surface area contributed by atoms with Crippen molar-refractivity contribution in [2.24, 2.45) is 5.92 Å². The zero-order valence-corrected chi connectivity index (χ0v) is 9.06. The molecule has 0 saturated heterocycles. The van der Waals surface area contributed by atoms with Crippen LogP contribution >= 0.6 is 0 Å². The maximum absolute atomic E-state index is 11.9. The van der Waals surface area contributed by atoms with E-state index < -0.39 is 17.7 Å². The van der Waals surface area contributed by atoms with Gasteiger partial charge in [0.1, 0.15) is 0 Å². The molecule has 1 unspecified atom stereocenters. The summed E-state index contributed by atoms with van der Waals surface area (Å²) in [6.45, 7) is 1.75. The van der Waals surface area contributed by atoms with Crippen LogP contribution in [0, 0.1) is 24.2 Å². The number of Topliss-reactive ketones (excluding diaryl/α,β-unsaturated/α-hetero) is 1. The predicted molar refractivity (Wildman–Crippen MR) is 56.6 cm³/mol. The molecule has 1 aromatic rings. The predicted octanol–water partition coefficient (Wildman–Crippen LogP) is 1.49. The highest BCUT2D eigenvalue weighted by atomic mass is 16.5. The highest BCUT2D eigenvalue weighted by Gasteiger charge is 2.28. The third-order valence-corrected chi connectivity index (χ3v) is 2.24. The van der Waals surface area contributed by atoms with Crippen LogP contribution < -0.4 is 0 Å². The van der Waals surface area contributed by atoms with Crippen LogP contribution in [0.4, 0.5) is 0 Å². The summed E-state index contributed by atoms with van der Waals surface area (Å²) in [6, 6.07) is 8.46. The third kappa shape index (κ3) is 2.26. The van der Waals surface area contributed by atoms with Crippen molar-refractivity contribution in [2.75, 3.05) is 7.11 Å². The number of benzene rings is 1. The second kappa shape index (κ2) is 5.08. The highest BCUT2D eigenvalue weighted by molar-refractivity contribution is 6.11. The zero-order chi connectivity index (χ0) is 12.1.